The van der Waals surface area contributed by atoms with Gasteiger partial charge in [0, 0.05) is 12.6 Å². The van der Waals surface area contributed by atoms with Crippen molar-refractivity contribution in [1.29, 1.82) is 0 Å². The Morgan fingerprint density at radius 3 is 2.23 bits per heavy atom. The Balaban J connectivity index is 1.71. The zero-order valence-electron chi connectivity index (χ0n) is 23.9. The molecule has 3 aromatic carbocycles. The van der Waals surface area contributed by atoms with E-state index in [2.05, 4.69) is 5.32 Å². The second kappa shape index (κ2) is 13.5. The Hall–Kier alpha value is -4.06. The van der Waals surface area contributed by atoms with Crippen LogP contribution in [0.25, 0.3) is 0 Å². The van der Waals surface area contributed by atoms with E-state index in [0.717, 1.165) is 37.8 Å². The van der Waals surface area contributed by atoms with Crippen LogP contribution in [0, 0.1) is 0 Å². The summed E-state index contributed by atoms with van der Waals surface area (Å²) in [6.45, 7) is 0.658. The molecule has 0 aliphatic heterocycles. The highest BCUT2D eigenvalue weighted by molar-refractivity contribution is 7.92. The number of amides is 2. The number of benzene rings is 3. The minimum Gasteiger partial charge on any atom is -0.497 e. The number of sulfonamides is 1. The average molecular weight is 618 g/mol. The Labute approximate surface area is 249 Å². The second-order valence-corrected chi connectivity index (χ2v) is 12.3. The molecule has 0 spiro atoms. The lowest BCUT2D eigenvalue weighted by Gasteiger charge is -2.32. The number of hydrogen-bond acceptors (Lipinski definition) is 5. The van der Waals surface area contributed by atoms with Gasteiger partial charge in [-0.3, -0.25) is 13.9 Å². The molecule has 8 nitrogen and oxygen atoms in total. The molecule has 1 aliphatic rings. The van der Waals surface area contributed by atoms with Crippen molar-refractivity contribution < 1.29 is 35.9 Å². The van der Waals surface area contributed by atoms with Crippen molar-refractivity contribution in [1.82, 2.24) is 10.2 Å². The van der Waals surface area contributed by atoms with Gasteiger partial charge in [-0.05, 0) is 67.8 Å². The number of nitrogens with zero attached hydrogens (tertiary/aromatic N) is 2. The number of methoxy groups -OCH3 is 1. The lowest BCUT2D eigenvalue weighted by molar-refractivity contribution is -0.139. The minimum atomic E-state index is -4.74. The van der Waals surface area contributed by atoms with Crippen LogP contribution < -0.4 is 14.4 Å². The zero-order chi connectivity index (χ0) is 31.2. The van der Waals surface area contributed by atoms with E-state index in [9.17, 15) is 31.2 Å². The second-order valence-electron chi connectivity index (χ2n) is 10.4. The van der Waals surface area contributed by atoms with Crippen LogP contribution in [0.2, 0.25) is 0 Å². The van der Waals surface area contributed by atoms with E-state index in [-0.39, 0.29) is 23.2 Å². The third-order valence-corrected chi connectivity index (χ3v) is 9.24. The van der Waals surface area contributed by atoms with Crippen molar-refractivity contribution in [3.63, 3.8) is 0 Å². The highest BCUT2D eigenvalue weighted by Gasteiger charge is 2.35. The summed E-state index contributed by atoms with van der Waals surface area (Å²) in [4.78, 5) is 28.3. The molecule has 0 bridgehead atoms. The van der Waals surface area contributed by atoms with E-state index in [1.807, 2.05) is 0 Å². The van der Waals surface area contributed by atoms with Crippen molar-refractivity contribution >= 4 is 27.5 Å². The van der Waals surface area contributed by atoms with Crippen LogP contribution in [-0.4, -0.2) is 50.9 Å². The Morgan fingerprint density at radius 2 is 1.63 bits per heavy atom. The lowest BCUT2D eigenvalue weighted by Crippen LogP contribution is -2.52. The van der Waals surface area contributed by atoms with Gasteiger partial charge >= 0.3 is 6.18 Å². The Kier molecular flexibility index (Phi) is 10.0. The average Bonchev–Trinajstić information content (AvgIpc) is 3.51. The van der Waals surface area contributed by atoms with Gasteiger partial charge in [-0.15, -0.1) is 0 Å². The molecule has 0 unspecified atom stereocenters. The van der Waals surface area contributed by atoms with Crippen molar-refractivity contribution in [2.75, 3.05) is 18.0 Å². The molecule has 0 saturated heterocycles. The van der Waals surface area contributed by atoms with Crippen molar-refractivity contribution in [3.05, 3.63) is 90.0 Å². The topological polar surface area (TPSA) is 96.0 Å². The van der Waals surface area contributed by atoms with Gasteiger partial charge in [0.25, 0.3) is 10.0 Å². The molecular formula is C31H34F3N3O5S. The van der Waals surface area contributed by atoms with Crippen LogP contribution in [0.3, 0.4) is 0 Å². The molecule has 1 atom stereocenters. The Bertz CT molecular complexity index is 1510. The molecule has 2 amide bonds. The molecule has 1 fully saturated rings. The summed E-state index contributed by atoms with van der Waals surface area (Å²) in [5.74, 6) is -0.578. The van der Waals surface area contributed by atoms with Gasteiger partial charge in [-0.2, -0.15) is 13.2 Å². The molecule has 0 aromatic heterocycles. The summed E-state index contributed by atoms with van der Waals surface area (Å²) in [6.07, 6.45) is -1.13. The highest BCUT2D eigenvalue weighted by atomic mass is 32.2. The van der Waals surface area contributed by atoms with Crippen LogP contribution in [0.15, 0.2) is 83.8 Å². The standard InChI is InChI=1S/C31H34F3N3O5S/c1-22(30(39)35-25-10-6-7-11-25)36(20-23-15-17-27(42-2)18-16-23)29(38)21-37(43(40,41)28-13-4-3-5-14-28)26-12-8-9-24(19-26)31(32,33)34/h3-5,8-9,12-19,22,25H,6-7,10-11,20-21H2,1-2H3,(H,35,39)/t22-/m0/s1. The van der Waals surface area contributed by atoms with Gasteiger partial charge in [0.15, 0.2) is 0 Å². The summed E-state index contributed by atoms with van der Waals surface area (Å²) < 4.78 is 74.3. The summed E-state index contributed by atoms with van der Waals surface area (Å²) in [5.41, 5.74) is -0.754. The molecule has 1 aliphatic carbocycles. The smallest absolute Gasteiger partial charge is 0.416 e. The number of anilines is 1. The highest BCUT2D eigenvalue weighted by Crippen LogP contribution is 2.33. The summed E-state index contributed by atoms with van der Waals surface area (Å²) >= 11 is 0. The van der Waals surface area contributed by atoms with Gasteiger partial charge in [-0.1, -0.05) is 49.2 Å². The van der Waals surface area contributed by atoms with Gasteiger partial charge in [0.1, 0.15) is 18.3 Å². The van der Waals surface area contributed by atoms with Crippen LogP contribution in [0.1, 0.15) is 43.7 Å². The zero-order valence-corrected chi connectivity index (χ0v) is 24.7. The predicted octanol–water partition coefficient (Wildman–Crippen LogP) is 5.39. The predicted molar refractivity (Wildman–Crippen MR) is 156 cm³/mol. The van der Waals surface area contributed by atoms with E-state index < -0.39 is 46.2 Å². The Morgan fingerprint density at radius 1 is 0.977 bits per heavy atom. The first kappa shape index (κ1) is 31.9. The number of hydrogen-bond donors (Lipinski definition) is 1. The van der Waals surface area contributed by atoms with E-state index in [4.69, 9.17) is 4.74 Å². The first-order chi connectivity index (χ1) is 20.4. The number of nitrogens with one attached hydrogen (secondary N) is 1. The van der Waals surface area contributed by atoms with Crippen LogP contribution in [0.5, 0.6) is 5.75 Å². The van der Waals surface area contributed by atoms with Gasteiger partial charge in [-0.25, -0.2) is 8.42 Å². The largest absolute Gasteiger partial charge is 0.497 e. The molecule has 43 heavy (non-hydrogen) atoms. The van der Waals surface area contributed by atoms with Gasteiger partial charge < -0.3 is 15.0 Å². The molecule has 3 aromatic rings. The summed E-state index contributed by atoms with van der Waals surface area (Å²) in [6, 6.07) is 16.7. The van der Waals surface area contributed by atoms with Crippen LogP contribution in [-0.2, 0) is 32.3 Å². The molecule has 1 saturated carbocycles. The quantitative estimate of drug-likeness (QED) is 0.312. The molecule has 12 heteroatoms. The minimum absolute atomic E-state index is 0.0204. The maximum absolute atomic E-state index is 14.0. The first-order valence-corrected chi connectivity index (χ1v) is 15.3. The summed E-state index contributed by atoms with van der Waals surface area (Å²) in [5, 5.41) is 2.97. The molecular weight excluding hydrogens is 583 g/mol. The third kappa shape index (κ3) is 7.86. The van der Waals surface area contributed by atoms with E-state index >= 15 is 0 Å². The number of carbonyl (C=O) groups is 2. The number of halogens is 3. The van der Waals surface area contributed by atoms with Crippen LogP contribution in [0.4, 0.5) is 18.9 Å². The number of carbonyl (C=O) groups excluding carboxylic acids is 2. The van der Waals surface area contributed by atoms with E-state index in [0.29, 0.717) is 21.7 Å². The fourth-order valence-electron chi connectivity index (χ4n) is 4.99. The van der Waals surface area contributed by atoms with E-state index in [1.165, 1.54) is 42.3 Å². The number of alkyl halides is 3. The maximum Gasteiger partial charge on any atom is 0.416 e. The SMILES string of the molecule is COc1ccc(CN(C(=O)CN(c2cccc(C(F)(F)F)c2)S(=O)(=O)c2ccccc2)[C@@H](C)C(=O)NC2CCCC2)cc1. The molecule has 0 heterocycles. The number of ether oxygens (including phenoxy) is 1. The summed E-state index contributed by atoms with van der Waals surface area (Å²) in [7, 11) is -2.98. The molecule has 1 N–H and O–H groups in total. The monoisotopic (exact) mass is 617 g/mol. The van der Waals surface area contributed by atoms with Gasteiger partial charge in [0.2, 0.25) is 11.8 Å². The van der Waals surface area contributed by atoms with E-state index in [1.54, 1.807) is 37.3 Å². The van der Waals surface area contributed by atoms with Crippen molar-refractivity contribution in [2.24, 2.45) is 0 Å². The molecule has 0 radical (unpaired) electrons. The third-order valence-electron chi connectivity index (χ3n) is 7.45. The van der Waals surface area contributed by atoms with Crippen molar-refractivity contribution in [2.45, 2.75) is 62.3 Å². The molecule has 230 valence electrons. The normalized spacial score (nSPS) is 14.6. The maximum atomic E-state index is 14.0. The van der Waals surface area contributed by atoms with Gasteiger partial charge in [0.05, 0.1) is 23.3 Å². The van der Waals surface area contributed by atoms with Crippen molar-refractivity contribution in [3.8, 4) is 5.75 Å². The fraction of sp³-hybridized carbons (Fsp3) is 0.355. The lowest BCUT2D eigenvalue weighted by atomic mass is 10.1. The van der Waals surface area contributed by atoms with Crippen LogP contribution >= 0.6 is 0 Å². The number of rotatable bonds is 11. The first-order valence-electron chi connectivity index (χ1n) is 13.9. The fourth-order valence-corrected chi connectivity index (χ4v) is 6.42. The molecule has 4 rings (SSSR count).